The summed E-state index contributed by atoms with van der Waals surface area (Å²) in [5, 5.41) is 15.0. The molecule has 3 aromatic carbocycles. The van der Waals surface area contributed by atoms with Crippen LogP contribution in [0.15, 0.2) is 59.5 Å². The fourth-order valence-electron chi connectivity index (χ4n) is 11.9. The number of hydrogen-bond acceptors (Lipinski definition) is 11. The Morgan fingerprint density at radius 3 is 2.46 bits per heavy atom. The number of amides is 2. The van der Waals surface area contributed by atoms with Gasteiger partial charge in [0, 0.05) is 61.7 Å². The van der Waals surface area contributed by atoms with Crippen LogP contribution in [0.2, 0.25) is 0 Å². The summed E-state index contributed by atoms with van der Waals surface area (Å²) in [6.45, 7) is 7.87. The lowest BCUT2D eigenvalue weighted by atomic mass is 9.87. The molecule has 3 aromatic heterocycles. The van der Waals surface area contributed by atoms with Crippen molar-refractivity contribution in [3.8, 4) is 29.6 Å². The number of imide groups is 1. The number of imidazole rings is 1. The number of para-hydroxylation sites is 1. The number of benzene rings is 3. The first-order chi connectivity index (χ1) is 33.3. The van der Waals surface area contributed by atoms with Crippen LogP contribution in [-0.4, -0.2) is 115 Å². The Balaban J connectivity index is 0.763. The third-order valence-electron chi connectivity index (χ3n) is 15.7. The van der Waals surface area contributed by atoms with Gasteiger partial charge in [-0.2, -0.15) is 9.97 Å². The molecule has 0 bridgehead atoms. The second kappa shape index (κ2) is 17.6. The number of piperidine rings is 4. The topological polar surface area (TPSA) is 151 Å². The Hall–Kier alpha value is -6.28. The van der Waals surface area contributed by atoms with Crippen molar-refractivity contribution in [3.63, 3.8) is 0 Å². The number of rotatable bonds is 10. The van der Waals surface area contributed by atoms with Gasteiger partial charge in [0.05, 0.1) is 34.2 Å². The smallest absolute Gasteiger partial charge is 0.329 e. The summed E-state index contributed by atoms with van der Waals surface area (Å²) in [7, 11) is 1.78. The Labute approximate surface area is 398 Å². The number of halogens is 2. The highest BCUT2D eigenvalue weighted by Crippen LogP contribution is 2.47. The van der Waals surface area contributed by atoms with Gasteiger partial charge in [-0.3, -0.25) is 29.0 Å². The van der Waals surface area contributed by atoms with E-state index in [1.807, 2.05) is 17.0 Å². The highest BCUT2D eigenvalue weighted by atomic mass is 19.1. The number of fused-ring (bicyclic) bond motifs is 3. The first kappa shape index (κ1) is 45.2. The highest BCUT2D eigenvalue weighted by Gasteiger charge is 2.46. The number of aromatic nitrogens is 5. The van der Waals surface area contributed by atoms with E-state index in [4.69, 9.17) is 21.1 Å². The predicted molar refractivity (Wildman–Crippen MR) is 259 cm³/mol. The molecule has 4 saturated heterocycles. The minimum atomic E-state index is -0.962. The zero-order valence-corrected chi connectivity index (χ0v) is 39.1. The molecule has 14 nitrogen and oxygen atoms in total. The van der Waals surface area contributed by atoms with Crippen molar-refractivity contribution in [2.45, 2.75) is 94.7 Å². The van der Waals surface area contributed by atoms with Gasteiger partial charge < -0.3 is 24.5 Å². The lowest BCUT2D eigenvalue weighted by Gasteiger charge is -2.42. The van der Waals surface area contributed by atoms with Gasteiger partial charge in [0.1, 0.15) is 28.9 Å². The predicted octanol–water partition coefficient (Wildman–Crippen LogP) is 6.59. The molecule has 2 N–H and O–H groups in total. The van der Waals surface area contributed by atoms with Crippen molar-refractivity contribution < 1.29 is 28.2 Å². The third kappa shape index (κ3) is 8.31. The summed E-state index contributed by atoms with van der Waals surface area (Å²) < 4.78 is 41.8. The quantitative estimate of drug-likeness (QED) is 0.113. The average Bonchev–Trinajstić information content (AvgIpc) is 4.07. The van der Waals surface area contributed by atoms with Gasteiger partial charge in [-0.05, 0) is 120 Å². The number of aliphatic hydroxyl groups is 1. The van der Waals surface area contributed by atoms with Gasteiger partial charge in [-0.25, -0.2) is 13.6 Å². The van der Waals surface area contributed by atoms with E-state index in [1.165, 1.54) is 6.07 Å². The molecule has 7 heterocycles. The zero-order valence-electron chi connectivity index (χ0n) is 39.1. The van der Waals surface area contributed by atoms with E-state index in [1.54, 1.807) is 53.6 Å². The Bertz CT molecular complexity index is 3140. The molecule has 2 atom stereocenters. The molecule has 16 heteroatoms. The number of aryl methyl sites for hydroxylation is 1. The van der Waals surface area contributed by atoms with Crippen molar-refractivity contribution in [1.29, 1.82) is 0 Å². The molecule has 6 aromatic rings. The number of nitrogens with one attached hydrogen (secondary N) is 1. The molecule has 69 heavy (non-hydrogen) atoms. The summed E-state index contributed by atoms with van der Waals surface area (Å²) >= 11 is 0. The maximum absolute atomic E-state index is 17.1. The number of ether oxygens (including phenoxy) is 1. The van der Waals surface area contributed by atoms with E-state index in [0.717, 1.165) is 94.3 Å². The minimum Gasteiger partial charge on any atom is -0.463 e. The normalized spacial score (nSPS) is 22.9. The zero-order chi connectivity index (χ0) is 47.8. The maximum atomic E-state index is 17.1. The van der Waals surface area contributed by atoms with Crippen LogP contribution >= 0.6 is 0 Å². The number of carbonyl (C=O) groups excluding carboxylic acids is 2. The van der Waals surface area contributed by atoms with Gasteiger partial charge in [0.2, 0.25) is 11.8 Å². The van der Waals surface area contributed by atoms with E-state index >= 15 is 4.39 Å². The van der Waals surface area contributed by atoms with Crippen molar-refractivity contribution in [2.24, 2.45) is 12.5 Å². The first-order valence-electron chi connectivity index (χ1n) is 24.4. The number of anilines is 1. The molecule has 11 rings (SSSR count). The second-order valence-electron chi connectivity index (χ2n) is 20.5. The van der Waals surface area contributed by atoms with Crippen LogP contribution in [0.5, 0.6) is 6.01 Å². The number of carbonyl (C=O) groups is 2. The van der Waals surface area contributed by atoms with Crippen LogP contribution in [0.1, 0.15) is 94.2 Å². The van der Waals surface area contributed by atoms with Crippen molar-refractivity contribution in [3.05, 3.63) is 88.0 Å². The highest BCUT2D eigenvalue weighted by molar-refractivity contribution is 6.02. The molecule has 5 fully saturated rings. The molecule has 5 aliphatic rings. The molecule has 1 aliphatic carbocycles. The van der Waals surface area contributed by atoms with Crippen molar-refractivity contribution in [2.75, 3.05) is 57.3 Å². The lowest BCUT2D eigenvalue weighted by Crippen LogP contribution is -2.48. The molecular weight excluding hydrogens is 881 g/mol. The number of terminal acetylenes is 1. The number of β-amino-alcohol motifs (C(OH)–C–C–N with tert-alkyl or cyclic N) is 1. The Kier molecular flexibility index (Phi) is 11.5. The van der Waals surface area contributed by atoms with Crippen LogP contribution in [0.3, 0.4) is 0 Å². The van der Waals surface area contributed by atoms with Gasteiger partial charge in [-0.1, -0.05) is 42.3 Å². The summed E-state index contributed by atoms with van der Waals surface area (Å²) in [5.41, 5.74) is 1.89. The molecule has 358 valence electrons. The average molecular weight is 938 g/mol. The molecule has 0 radical (unpaired) electrons. The van der Waals surface area contributed by atoms with Crippen LogP contribution in [0.4, 0.5) is 14.6 Å². The van der Waals surface area contributed by atoms with E-state index in [9.17, 15) is 23.9 Å². The maximum Gasteiger partial charge on any atom is 0.329 e. The fraction of sp³-hybridized carbons (Fsp3) is 0.472. The van der Waals surface area contributed by atoms with E-state index in [0.29, 0.717) is 66.1 Å². The Morgan fingerprint density at radius 1 is 0.942 bits per heavy atom. The minimum absolute atomic E-state index is 0.00662. The standard InChI is InChI=1S/C53H57F2N9O5/c1-4-35-39(54)13-12-33-8-5-10-37(43(33)35)45-44(55)46-38(28-56-45)48(63-23-7-20-52(2,68)29-63)59-50(58-46)69-31-53(21-22-53)30-61-24-18-34(19-25-61)62-26-16-32(17-27-62)36-9-6-11-40-47(36)60(3)51(67)64(40)41-14-15-42(65)57-49(41)66/h1,5-6,8-13,28,32,34,41,68H,7,14-27,29-31H2,2-3H3,(H,57,65,66)/t41?,52-/m1/s1. The monoisotopic (exact) mass is 937 g/mol. The van der Waals surface area contributed by atoms with E-state index in [2.05, 4.69) is 32.1 Å². The van der Waals surface area contributed by atoms with E-state index in [-0.39, 0.29) is 52.1 Å². The summed E-state index contributed by atoms with van der Waals surface area (Å²) in [5.74, 6) is 1.19. The lowest BCUT2D eigenvalue weighted by molar-refractivity contribution is -0.135. The molecular formula is C53H57F2N9O5. The van der Waals surface area contributed by atoms with Crippen LogP contribution < -0.4 is 20.6 Å². The molecule has 0 spiro atoms. The van der Waals surface area contributed by atoms with Crippen molar-refractivity contribution in [1.82, 2.24) is 39.2 Å². The van der Waals surface area contributed by atoms with Crippen molar-refractivity contribution >= 4 is 50.3 Å². The summed E-state index contributed by atoms with van der Waals surface area (Å²) in [4.78, 5) is 59.5. The molecule has 1 unspecified atom stereocenters. The van der Waals surface area contributed by atoms with Crippen LogP contribution in [0, 0.1) is 29.4 Å². The SMILES string of the molecule is C#Cc1c(F)ccc2cccc(-c3ncc4c(N5CCC[C@@](C)(O)C5)nc(OCC5(CN6CCC(N7CCC(c8cccc9c8n(C)c(=O)n9C8CCC(=O)NC8=O)CC7)CC6)CC5)nc4c3F)c12. The third-order valence-corrected chi connectivity index (χ3v) is 15.7. The van der Waals surface area contributed by atoms with E-state index < -0.39 is 29.2 Å². The van der Waals surface area contributed by atoms with Crippen LogP contribution in [-0.2, 0) is 16.6 Å². The molecule has 4 aliphatic heterocycles. The van der Waals surface area contributed by atoms with Gasteiger partial charge in [0.25, 0.3) is 0 Å². The van der Waals surface area contributed by atoms with Gasteiger partial charge in [0.15, 0.2) is 5.82 Å². The van der Waals surface area contributed by atoms with Gasteiger partial charge in [-0.15, -0.1) is 6.42 Å². The number of likely N-dealkylation sites (tertiary alicyclic amines) is 2. The molecule has 1 saturated carbocycles. The number of nitrogens with zero attached hydrogens (tertiary/aromatic N) is 8. The summed E-state index contributed by atoms with van der Waals surface area (Å²) in [6, 6.07) is 14.0. The number of pyridine rings is 1. The number of hydrogen-bond donors (Lipinski definition) is 2. The first-order valence-corrected chi connectivity index (χ1v) is 24.4. The fourth-order valence-corrected chi connectivity index (χ4v) is 11.9. The largest absolute Gasteiger partial charge is 0.463 e. The second-order valence-corrected chi connectivity index (χ2v) is 20.5. The summed E-state index contributed by atoms with van der Waals surface area (Å²) in [6.07, 6.45) is 15.3. The molecule has 2 amide bonds. The van der Waals surface area contributed by atoms with Crippen LogP contribution in [0.25, 0.3) is 44.0 Å². The Morgan fingerprint density at radius 2 is 1.72 bits per heavy atom. The van der Waals surface area contributed by atoms with Gasteiger partial charge >= 0.3 is 11.7 Å².